The van der Waals surface area contributed by atoms with Gasteiger partial charge in [0.2, 0.25) is 0 Å². The molecule has 0 fully saturated rings. The SMILES string of the molecule is Nc1cccc(Nc2ncnc3ccccc23)c1.[Cl-]. The second-order valence-corrected chi connectivity index (χ2v) is 3.99. The maximum absolute atomic E-state index is 5.75. The first-order chi connectivity index (χ1) is 8.83. The van der Waals surface area contributed by atoms with E-state index in [9.17, 15) is 0 Å². The molecule has 3 rings (SSSR count). The van der Waals surface area contributed by atoms with E-state index in [0.29, 0.717) is 0 Å². The fourth-order valence-electron chi connectivity index (χ4n) is 1.86. The summed E-state index contributed by atoms with van der Waals surface area (Å²) in [7, 11) is 0. The zero-order valence-electron chi connectivity index (χ0n) is 10.0. The summed E-state index contributed by atoms with van der Waals surface area (Å²) in [6.45, 7) is 0. The fourth-order valence-corrected chi connectivity index (χ4v) is 1.86. The average Bonchev–Trinajstić information content (AvgIpc) is 2.39. The van der Waals surface area contributed by atoms with E-state index in [0.717, 1.165) is 28.1 Å². The van der Waals surface area contributed by atoms with Crippen LogP contribution in [0.1, 0.15) is 0 Å². The summed E-state index contributed by atoms with van der Waals surface area (Å²) in [5.41, 5.74) is 8.30. The van der Waals surface area contributed by atoms with Gasteiger partial charge >= 0.3 is 0 Å². The number of hydrogen-bond donors (Lipinski definition) is 2. The van der Waals surface area contributed by atoms with E-state index >= 15 is 0 Å². The summed E-state index contributed by atoms with van der Waals surface area (Å²) < 4.78 is 0. The van der Waals surface area contributed by atoms with E-state index in [-0.39, 0.29) is 12.4 Å². The Labute approximate surface area is 117 Å². The van der Waals surface area contributed by atoms with Crippen LogP contribution in [0.4, 0.5) is 17.2 Å². The van der Waals surface area contributed by atoms with E-state index in [4.69, 9.17) is 5.73 Å². The maximum Gasteiger partial charge on any atom is 0.141 e. The van der Waals surface area contributed by atoms with Gasteiger partial charge < -0.3 is 23.5 Å². The van der Waals surface area contributed by atoms with Crippen LogP contribution in [0.2, 0.25) is 0 Å². The van der Waals surface area contributed by atoms with E-state index in [1.807, 2.05) is 48.5 Å². The van der Waals surface area contributed by atoms with Gasteiger partial charge in [0, 0.05) is 16.8 Å². The molecule has 96 valence electrons. The highest BCUT2D eigenvalue weighted by Gasteiger charge is 2.02. The van der Waals surface area contributed by atoms with Gasteiger partial charge in [-0.2, -0.15) is 0 Å². The fraction of sp³-hybridized carbons (Fsp3) is 0. The van der Waals surface area contributed by atoms with Crippen molar-refractivity contribution >= 4 is 28.1 Å². The Balaban J connectivity index is 0.00000133. The minimum Gasteiger partial charge on any atom is -1.00 e. The normalized spacial score (nSPS) is 9.89. The van der Waals surface area contributed by atoms with Crippen LogP contribution in [0.15, 0.2) is 54.9 Å². The number of nitrogen functional groups attached to an aromatic ring is 1. The minimum absolute atomic E-state index is 0. The summed E-state index contributed by atoms with van der Waals surface area (Å²) in [4.78, 5) is 8.49. The van der Waals surface area contributed by atoms with Crippen molar-refractivity contribution in [2.45, 2.75) is 0 Å². The molecule has 0 aliphatic heterocycles. The van der Waals surface area contributed by atoms with Crippen molar-refractivity contribution in [1.82, 2.24) is 9.97 Å². The van der Waals surface area contributed by atoms with E-state index < -0.39 is 0 Å². The number of anilines is 3. The van der Waals surface area contributed by atoms with Crippen LogP contribution in [-0.4, -0.2) is 9.97 Å². The highest BCUT2D eigenvalue weighted by molar-refractivity contribution is 5.90. The second-order valence-electron chi connectivity index (χ2n) is 3.99. The number of nitrogens with one attached hydrogen (secondary N) is 1. The molecular weight excluding hydrogens is 260 g/mol. The molecule has 5 heteroatoms. The number of para-hydroxylation sites is 1. The third kappa shape index (κ3) is 2.74. The van der Waals surface area contributed by atoms with Crippen molar-refractivity contribution in [2.75, 3.05) is 11.1 Å². The van der Waals surface area contributed by atoms with Crippen LogP contribution in [-0.2, 0) is 0 Å². The molecule has 0 bridgehead atoms. The quantitative estimate of drug-likeness (QED) is 0.642. The van der Waals surface area contributed by atoms with Gasteiger partial charge in [0.15, 0.2) is 0 Å². The Kier molecular flexibility index (Phi) is 3.82. The molecule has 3 N–H and O–H groups in total. The zero-order valence-corrected chi connectivity index (χ0v) is 10.8. The van der Waals surface area contributed by atoms with Crippen LogP contribution in [0.3, 0.4) is 0 Å². The van der Waals surface area contributed by atoms with Crippen LogP contribution >= 0.6 is 0 Å². The lowest BCUT2D eigenvalue weighted by Crippen LogP contribution is -3.00. The van der Waals surface area contributed by atoms with E-state index in [1.165, 1.54) is 0 Å². The molecule has 0 atom stereocenters. The largest absolute Gasteiger partial charge is 1.00 e. The summed E-state index contributed by atoms with van der Waals surface area (Å²) in [5.74, 6) is 0.784. The Hall–Kier alpha value is -2.33. The first-order valence-electron chi connectivity index (χ1n) is 5.65. The summed E-state index contributed by atoms with van der Waals surface area (Å²) in [6.07, 6.45) is 1.55. The monoisotopic (exact) mass is 271 g/mol. The Morgan fingerprint density at radius 2 is 1.79 bits per heavy atom. The van der Waals surface area contributed by atoms with Gasteiger partial charge in [0.1, 0.15) is 12.1 Å². The Morgan fingerprint density at radius 1 is 0.947 bits per heavy atom. The number of nitrogens with zero attached hydrogens (tertiary/aromatic N) is 2. The molecule has 1 aromatic heterocycles. The lowest BCUT2D eigenvalue weighted by atomic mass is 10.2. The van der Waals surface area contributed by atoms with Gasteiger partial charge in [0.25, 0.3) is 0 Å². The van der Waals surface area contributed by atoms with Crippen molar-refractivity contribution < 1.29 is 12.4 Å². The first-order valence-corrected chi connectivity index (χ1v) is 5.65. The highest BCUT2D eigenvalue weighted by atomic mass is 35.5. The lowest BCUT2D eigenvalue weighted by Gasteiger charge is -2.08. The molecule has 3 aromatic rings. The Morgan fingerprint density at radius 3 is 2.63 bits per heavy atom. The number of rotatable bonds is 2. The topological polar surface area (TPSA) is 63.8 Å². The Bertz CT molecular complexity index is 694. The van der Waals surface area contributed by atoms with Gasteiger partial charge in [-0.3, -0.25) is 0 Å². The van der Waals surface area contributed by atoms with E-state index in [1.54, 1.807) is 6.33 Å². The molecule has 2 aromatic carbocycles. The van der Waals surface area contributed by atoms with Gasteiger partial charge in [0.05, 0.1) is 5.52 Å². The molecule has 0 saturated carbocycles. The van der Waals surface area contributed by atoms with Crippen molar-refractivity contribution in [2.24, 2.45) is 0 Å². The standard InChI is InChI=1S/C14H12N4.ClH/c15-10-4-3-5-11(8-10)18-14-12-6-1-2-7-13(12)16-9-17-14;/h1-9H,15H2,(H,16,17,18);1H/p-1. The summed E-state index contributed by atoms with van der Waals surface area (Å²) in [5, 5.41) is 4.24. The number of nitrogens with two attached hydrogens (primary N) is 1. The molecule has 0 saturated heterocycles. The lowest BCUT2D eigenvalue weighted by molar-refractivity contribution is -0.00000369. The second kappa shape index (κ2) is 5.54. The molecule has 0 radical (unpaired) electrons. The number of halogens is 1. The molecule has 0 unspecified atom stereocenters. The zero-order chi connectivity index (χ0) is 12.4. The molecule has 0 aliphatic rings. The van der Waals surface area contributed by atoms with Crippen LogP contribution < -0.4 is 23.5 Å². The minimum atomic E-state index is 0. The van der Waals surface area contributed by atoms with Crippen LogP contribution in [0.5, 0.6) is 0 Å². The molecule has 4 nitrogen and oxygen atoms in total. The smallest absolute Gasteiger partial charge is 0.141 e. The van der Waals surface area contributed by atoms with Crippen molar-refractivity contribution in [3.05, 3.63) is 54.9 Å². The molecule has 19 heavy (non-hydrogen) atoms. The molecule has 0 aliphatic carbocycles. The molecule has 0 spiro atoms. The number of hydrogen-bond acceptors (Lipinski definition) is 4. The summed E-state index contributed by atoms with van der Waals surface area (Å²) in [6, 6.07) is 15.5. The van der Waals surface area contributed by atoms with Crippen LogP contribution in [0, 0.1) is 0 Å². The third-order valence-electron chi connectivity index (χ3n) is 2.69. The number of fused-ring (bicyclic) bond motifs is 1. The molecular formula is C14H12ClN4-. The predicted octanol–water partition coefficient (Wildman–Crippen LogP) is -0.0404. The van der Waals surface area contributed by atoms with Gasteiger partial charge in [-0.1, -0.05) is 18.2 Å². The van der Waals surface area contributed by atoms with Gasteiger partial charge in [-0.25, -0.2) is 9.97 Å². The number of aromatic nitrogens is 2. The predicted molar refractivity (Wildman–Crippen MR) is 73.7 cm³/mol. The molecule has 0 amide bonds. The average molecular weight is 272 g/mol. The summed E-state index contributed by atoms with van der Waals surface area (Å²) >= 11 is 0. The van der Waals surface area contributed by atoms with Gasteiger partial charge in [-0.05, 0) is 30.3 Å². The number of benzene rings is 2. The van der Waals surface area contributed by atoms with Gasteiger partial charge in [-0.15, -0.1) is 0 Å². The highest BCUT2D eigenvalue weighted by Crippen LogP contribution is 2.23. The van der Waals surface area contributed by atoms with E-state index in [2.05, 4.69) is 15.3 Å². The van der Waals surface area contributed by atoms with Crippen molar-refractivity contribution in [1.29, 1.82) is 0 Å². The molecule has 1 heterocycles. The van der Waals surface area contributed by atoms with Crippen molar-refractivity contribution in [3.63, 3.8) is 0 Å². The third-order valence-corrected chi connectivity index (χ3v) is 2.69. The van der Waals surface area contributed by atoms with Crippen LogP contribution in [0.25, 0.3) is 10.9 Å². The maximum atomic E-state index is 5.75. The first kappa shape index (κ1) is 13.1. The van der Waals surface area contributed by atoms with Crippen molar-refractivity contribution in [3.8, 4) is 0 Å².